The molecular weight excluding hydrogens is 172 g/mol. The molecule has 0 bridgehead atoms. The maximum Gasteiger partial charge on any atom is 0.297 e. The Morgan fingerprint density at radius 2 is 2.00 bits per heavy atom. The van der Waals surface area contributed by atoms with Gasteiger partial charge in [-0.05, 0) is 12.2 Å². The molecule has 11 heavy (non-hydrogen) atoms. The van der Waals surface area contributed by atoms with Crippen molar-refractivity contribution in [3.05, 3.63) is 10.6 Å². The van der Waals surface area contributed by atoms with E-state index in [1.807, 2.05) is 0 Å². The smallest absolute Gasteiger partial charge is 0.297 e. The van der Waals surface area contributed by atoms with E-state index < -0.39 is 6.43 Å². The number of rotatable bonds is 1. The molecular formula is C5H7F2N3S. The Morgan fingerprint density at radius 1 is 1.45 bits per heavy atom. The van der Waals surface area contributed by atoms with Gasteiger partial charge < -0.3 is 4.57 Å². The molecule has 0 aliphatic carbocycles. The van der Waals surface area contributed by atoms with Gasteiger partial charge >= 0.3 is 0 Å². The van der Waals surface area contributed by atoms with Crippen LogP contribution in [0.5, 0.6) is 0 Å². The van der Waals surface area contributed by atoms with Crippen LogP contribution in [0, 0.1) is 4.77 Å². The fourth-order valence-corrected chi connectivity index (χ4v) is 0.903. The molecule has 0 spiro atoms. The highest BCUT2D eigenvalue weighted by Crippen LogP contribution is 2.15. The number of halogens is 2. The van der Waals surface area contributed by atoms with Gasteiger partial charge in [-0.2, -0.15) is 5.10 Å². The van der Waals surface area contributed by atoms with Crippen LogP contribution in [0.3, 0.4) is 0 Å². The summed E-state index contributed by atoms with van der Waals surface area (Å²) in [5.41, 5.74) is 0. The highest BCUT2D eigenvalue weighted by Gasteiger charge is 2.14. The summed E-state index contributed by atoms with van der Waals surface area (Å²) in [5.74, 6) is -0.294. The molecule has 1 aromatic rings. The van der Waals surface area contributed by atoms with Gasteiger partial charge in [0.1, 0.15) is 0 Å². The largest absolute Gasteiger partial charge is 0.302 e. The van der Waals surface area contributed by atoms with E-state index >= 15 is 0 Å². The lowest BCUT2D eigenvalue weighted by molar-refractivity contribution is 0.135. The van der Waals surface area contributed by atoms with E-state index in [1.54, 1.807) is 0 Å². The number of hydrogen-bond acceptors (Lipinski definition) is 2. The van der Waals surface area contributed by atoms with Gasteiger partial charge in [0.15, 0.2) is 10.6 Å². The van der Waals surface area contributed by atoms with E-state index in [0.717, 1.165) is 0 Å². The second kappa shape index (κ2) is 2.69. The van der Waals surface area contributed by atoms with Gasteiger partial charge in [0.2, 0.25) is 0 Å². The molecule has 0 aromatic carbocycles. The lowest BCUT2D eigenvalue weighted by Crippen LogP contribution is -1.97. The Balaban J connectivity index is 3.30. The molecule has 0 fully saturated rings. The molecule has 0 atom stereocenters. The van der Waals surface area contributed by atoms with E-state index in [0.29, 0.717) is 4.77 Å². The molecule has 3 nitrogen and oxygen atoms in total. The molecule has 0 amide bonds. The van der Waals surface area contributed by atoms with Crippen LogP contribution < -0.4 is 0 Å². The van der Waals surface area contributed by atoms with Crippen LogP contribution in [-0.4, -0.2) is 14.3 Å². The molecule has 6 heteroatoms. The van der Waals surface area contributed by atoms with Crippen molar-refractivity contribution in [2.45, 2.75) is 6.43 Å². The highest BCUT2D eigenvalue weighted by atomic mass is 32.1. The summed E-state index contributed by atoms with van der Waals surface area (Å²) in [6, 6.07) is 0. The fraction of sp³-hybridized carbons (Fsp3) is 0.600. The second-order valence-electron chi connectivity index (χ2n) is 2.12. The monoisotopic (exact) mass is 179 g/mol. The van der Waals surface area contributed by atoms with Crippen LogP contribution in [0.15, 0.2) is 0 Å². The summed E-state index contributed by atoms with van der Waals surface area (Å²) in [6.07, 6.45) is -2.57. The highest BCUT2D eigenvalue weighted by molar-refractivity contribution is 7.71. The molecule has 1 heterocycles. The number of aromatic nitrogens is 3. The van der Waals surface area contributed by atoms with Gasteiger partial charge in [-0.25, -0.2) is 13.5 Å². The van der Waals surface area contributed by atoms with Crippen LogP contribution in [0.1, 0.15) is 12.2 Å². The predicted molar refractivity (Wildman–Crippen MR) is 38.0 cm³/mol. The van der Waals surface area contributed by atoms with Crippen LogP contribution in [-0.2, 0) is 14.1 Å². The van der Waals surface area contributed by atoms with Crippen molar-refractivity contribution in [2.75, 3.05) is 0 Å². The normalized spacial score (nSPS) is 11.0. The minimum atomic E-state index is -2.57. The summed E-state index contributed by atoms with van der Waals surface area (Å²) in [7, 11) is 3.00. The van der Waals surface area contributed by atoms with Gasteiger partial charge in [-0.3, -0.25) is 0 Å². The quantitative estimate of drug-likeness (QED) is 0.608. The Hall–Kier alpha value is -0.780. The van der Waals surface area contributed by atoms with E-state index in [1.165, 1.54) is 23.3 Å². The Kier molecular flexibility index (Phi) is 2.03. The van der Waals surface area contributed by atoms with Gasteiger partial charge in [0, 0.05) is 14.1 Å². The van der Waals surface area contributed by atoms with Crippen molar-refractivity contribution in [3.63, 3.8) is 0 Å². The maximum absolute atomic E-state index is 12.1. The molecule has 1 rings (SSSR count). The van der Waals surface area contributed by atoms with Crippen molar-refractivity contribution in [3.8, 4) is 0 Å². The van der Waals surface area contributed by atoms with E-state index in [2.05, 4.69) is 5.10 Å². The van der Waals surface area contributed by atoms with Crippen molar-refractivity contribution < 1.29 is 8.78 Å². The Morgan fingerprint density at radius 3 is 2.18 bits per heavy atom. The second-order valence-corrected chi connectivity index (χ2v) is 2.49. The third-order valence-electron chi connectivity index (χ3n) is 1.36. The Labute approximate surface area is 67.3 Å². The number of alkyl halides is 2. The zero-order valence-electron chi connectivity index (χ0n) is 6.08. The van der Waals surface area contributed by atoms with Crippen LogP contribution in [0.4, 0.5) is 8.78 Å². The minimum absolute atomic E-state index is 0.292. The lowest BCUT2D eigenvalue weighted by atomic mass is 10.6. The summed E-state index contributed by atoms with van der Waals surface area (Å²) < 4.78 is 26.9. The topological polar surface area (TPSA) is 22.8 Å². The standard InChI is InChI=1S/C5H7F2N3S/c1-9-4(3(6)7)8-10(2)5(9)11/h3H,1-2H3. The molecule has 0 aliphatic rings. The third-order valence-corrected chi connectivity index (χ3v) is 1.89. The first-order valence-electron chi connectivity index (χ1n) is 2.92. The molecule has 0 N–H and O–H groups in total. The van der Waals surface area contributed by atoms with Gasteiger partial charge in [0.05, 0.1) is 0 Å². The van der Waals surface area contributed by atoms with E-state index in [-0.39, 0.29) is 5.82 Å². The lowest BCUT2D eigenvalue weighted by Gasteiger charge is -1.94. The SMILES string of the molecule is Cn1nc(C(F)F)n(C)c1=S. The molecule has 0 saturated carbocycles. The fourth-order valence-electron chi connectivity index (χ4n) is 0.769. The first kappa shape index (κ1) is 8.32. The van der Waals surface area contributed by atoms with E-state index in [4.69, 9.17) is 12.2 Å². The average molecular weight is 179 g/mol. The van der Waals surface area contributed by atoms with Crippen molar-refractivity contribution in [1.29, 1.82) is 0 Å². The van der Waals surface area contributed by atoms with Crippen LogP contribution >= 0.6 is 12.2 Å². The maximum atomic E-state index is 12.1. The molecule has 1 aromatic heterocycles. The van der Waals surface area contributed by atoms with Crippen molar-refractivity contribution in [2.24, 2.45) is 14.1 Å². The minimum Gasteiger partial charge on any atom is -0.302 e. The summed E-state index contributed by atoms with van der Waals surface area (Å²) in [6.45, 7) is 0. The summed E-state index contributed by atoms with van der Waals surface area (Å²) >= 11 is 4.76. The van der Waals surface area contributed by atoms with Crippen LogP contribution in [0.2, 0.25) is 0 Å². The van der Waals surface area contributed by atoms with Crippen LogP contribution in [0.25, 0.3) is 0 Å². The molecule has 0 aliphatic heterocycles. The van der Waals surface area contributed by atoms with Crippen molar-refractivity contribution in [1.82, 2.24) is 14.3 Å². The average Bonchev–Trinajstić information content (AvgIpc) is 2.17. The summed E-state index contributed by atoms with van der Waals surface area (Å²) in [4.78, 5) is 0. The van der Waals surface area contributed by atoms with Gasteiger partial charge in [-0.1, -0.05) is 0 Å². The number of nitrogens with zero attached hydrogens (tertiary/aromatic N) is 3. The predicted octanol–water partition coefficient (Wildman–Crippen LogP) is 1.43. The van der Waals surface area contributed by atoms with E-state index in [9.17, 15) is 8.78 Å². The first-order valence-corrected chi connectivity index (χ1v) is 3.33. The summed E-state index contributed by atoms with van der Waals surface area (Å²) in [5, 5.41) is 3.53. The molecule has 62 valence electrons. The zero-order valence-corrected chi connectivity index (χ0v) is 6.90. The number of hydrogen-bond donors (Lipinski definition) is 0. The van der Waals surface area contributed by atoms with Gasteiger partial charge in [-0.15, -0.1) is 0 Å². The molecule has 0 radical (unpaired) electrons. The van der Waals surface area contributed by atoms with Gasteiger partial charge in [0.25, 0.3) is 6.43 Å². The molecule has 0 saturated heterocycles. The Bertz CT molecular complexity index is 314. The molecule has 0 unspecified atom stereocenters. The number of aryl methyl sites for hydroxylation is 1. The zero-order chi connectivity index (χ0) is 8.59. The van der Waals surface area contributed by atoms with Crippen molar-refractivity contribution >= 4 is 12.2 Å². The third kappa shape index (κ3) is 1.30. The first-order chi connectivity index (χ1) is 5.04.